The number of aliphatic hydroxyl groups excluding tert-OH is 1. The first-order valence-electron chi connectivity index (χ1n) is 6.21. The molecule has 2 rings (SSSR count). The molecule has 1 N–H and O–H groups in total. The molecule has 0 saturated carbocycles. The largest absolute Gasteiger partial charge is 0.386 e. The number of pyridine rings is 1. The molecule has 0 radical (unpaired) electrons. The minimum Gasteiger partial charge on any atom is -0.386 e. The maximum Gasteiger partial charge on any atom is 0.103 e. The Hall–Kier alpha value is -0.300. The Labute approximate surface area is 139 Å². The van der Waals surface area contributed by atoms with E-state index in [0.29, 0.717) is 12.1 Å². The van der Waals surface area contributed by atoms with Gasteiger partial charge in [-0.15, -0.1) is 11.3 Å². The van der Waals surface area contributed by atoms with Crippen LogP contribution in [0.5, 0.6) is 0 Å². The third-order valence-corrected chi connectivity index (χ3v) is 4.78. The zero-order chi connectivity index (χ0) is 14.9. The summed E-state index contributed by atoms with van der Waals surface area (Å²) in [5.41, 5.74) is 1.74. The van der Waals surface area contributed by atoms with Gasteiger partial charge in [-0.2, -0.15) is 0 Å². The molecule has 1 unspecified atom stereocenters. The molecule has 0 bridgehead atoms. The number of halogens is 2. The van der Waals surface area contributed by atoms with Gasteiger partial charge in [-0.25, -0.2) is 4.98 Å². The molecule has 6 heteroatoms. The summed E-state index contributed by atoms with van der Waals surface area (Å²) in [5, 5.41) is 13.3. The van der Waals surface area contributed by atoms with Gasteiger partial charge in [-0.05, 0) is 37.9 Å². The molecule has 0 fully saturated rings. The number of nitrogens with zero attached hydrogens (tertiary/aromatic N) is 2. The molecule has 0 aliphatic heterocycles. The number of hydrogen-bond acceptors (Lipinski definition) is 4. The fourth-order valence-corrected chi connectivity index (χ4v) is 3.99. The SMILES string of the molecule is CC(C)(C)c1csc(CC(O)c2ncc(Br)cc2Br)n1. The van der Waals surface area contributed by atoms with Crippen LogP contribution in [0.3, 0.4) is 0 Å². The molecular weight excluding hydrogens is 404 g/mol. The van der Waals surface area contributed by atoms with E-state index >= 15 is 0 Å². The average Bonchev–Trinajstić information content (AvgIpc) is 2.76. The Bertz CT molecular complexity index is 607. The second-order valence-electron chi connectivity index (χ2n) is 5.62. The van der Waals surface area contributed by atoms with Crippen LogP contribution in [0.1, 0.15) is 43.3 Å². The Morgan fingerprint density at radius 1 is 1.35 bits per heavy atom. The van der Waals surface area contributed by atoms with Gasteiger partial charge in [0.1, 0.15) is 6.10 Å². The van der Waals surface area contributed by atoms with E-state index in [0.717, 1.165) is 19.6 Å². The van der Waals surface area contributed by atoms with Crippen molar-refractivity contribution in [3.63, 3.8) is 0 Å². The summed E-state index contributed by atoms with van der Waals surface area (Å²) in [6, 6.07) is 1.88. The van der Waals surface area contributed by atoms with Crippen LogP contribution in [0.4, 0.5) is 0 Å². The lowest BCUT2D eigenvalue weighted by Gasteiger charge is -2.14. The van der Waals surface area contributed by atoms with Crippen LogP contribution in [-0.2, 0) is 11.8 Å². The summed E-state index contributed by atoms with van der Waals surface area (Å²) in [6.45, 7) is 6.40. The molecule has 2 aromatic heterocycles. The average molecular weight is 420 g/mol. The van der Waals surface area contributed by atoms with Crippen molar-refractivity contribution in [1.29, 1.82) is 0 Å². The number of aromatic nitrogens is 2. The highest BCUT2D eigenvalue weighted by Gasteiger charge is 2.20. The summed E-state index contributed by atoms with van der Waals surface area (Å²) in [4.78, 5) is 8.86. The Morgan fingerprint density at radius 3 is 2.60 bits per heavy atom. The predicted molar refractivity (Wildman–Crippen MR) is 89.1 cm³/mol. The fraction of sp³-hybridized carbons (Fsp3) is 0.429. The minimum atomic E-state index is -0.656. The lowest BCUT2D eigenvalue weighted by molar-refractivity contribution is 0.172. The van der Waals surface area contributed by atoms with E-state index in [9.17, 15) is 5.11 Å². The Kier molecular flexibility index (Phi) is 5.00. The summed E-state index contributed by atoms with van der Waals surface area (Å²) >= 11 is 8.37. The highest BCUT2D eigenvalue weighted by molar-refractivity contribution is 9.11. The third kappa shape index (κ3) is 3.87. The van der Waals surface area contributed by atoms with E-state index in [1.807, 2.05) is 6.07 Å². The van der Waals surface area contributed by atoms with Crippen LogP contribution < -0.4 is 0 Å². The van der Waals surface area contributed by atoms with Gasteiger partial charge in [0.25, 0.3) is 0 Å². The summed E-state index contributed by atoms with van der Waals surface area (Å²) < 4.78 is 1.68. The van der Waals surface area contributed by atoms with Crippen LogP contribution in [0.2, 0.25) is 0 Å². The van der Waals surface area contributed by atoms with Crippen LogP contribution in [-0.4, -0.2) is 15.1 Å². The minimum absolute atomic E-state index is 0.0378. The second-order valence-corrected chi connectivity index (χ2v) is 8.33. The first kappa shape index (κ1) is 16.1. The molecule has 0 amide bonds. The molecular formula is C14H16Br2N2OS. The fourth-order valence-electron chi connectivity index (χ4n) is 1.68. The van der Waals surface area contributed by atoms with Gasteiger partial charge < -0.3 is 5.11 Å². The van der Waals surface area contributed by atoms with E-state index in [2.05, 4.69) is 68.0 Å². The van der Waals surface area contributed by atoms with Crippen molar-refractivity contribution < 1.29 is 5.11 Å². The molecule has 1 atom stereocenters. The normalized spacial score (nSPS) is 13.5. The number of hydrogen-bond donors (Lipinski definition) is 1. The molecule has 3 nitrogen and oxygen atoms in total. The maximum atomic E-state index is 10.3. The van der Waals surface area contributed by atoms with Crippen LogP contribution in [0, 0.1) is 0 Å². The third-order valence-electron chi connectivity index (χ3n) is 2.84. The van der Waals surface area contributed by atoms with Gasteiger partial charge in [0.05, 0.1) is 16.4 Å². The lowest BCUT2D eigenvalue weighted by Crippen LogP contribution is -2.12. The zero-order valence-electron chi connectivity index (χ0n) is 11.5. The molecule has 20 heavy (non-hydrogen) atoms. The first-order chi connectivity index (χ1) is 9.27. The maximum absolute atomic E-state index is 10.3. The topological polar surface area (TPSA) is 46.0 Å². The van der Waals surface area contributed by atoms with Gasteiger partial charge in [-0.1, -0.05) is 20.8 Å². The van der Waals surface area contributed by atoms with Crippen LogP contribution in [0.15, 0.2) is 26.6 Å². The smallest absolute Gasteiger partial charge is 0.103 e. The number of rotatable bonds is 3. The molecule has 0 spiro atoms. The van der Waals surface area contributed by atoms with Gasteiger partial charge in [-0.3, -0.25) is 4.98 Å². The molecule has 0 saturated heterocycles. The van der Waals surface area contributed by atoms with Crippen molar-refractivity contribution in [2.45, 2.75) is 38.7 Å². The first-order valence-corrected chi connectivity index (χ1v) is 8.68. The zero-order valence-corrected chi connectivity index (χ0v) is 15.5. The number of thiazole rings is 1. The van der Waals surface area contributed by atoms with E-state index in [-0.39, 0.29) is 5.41 Å². The van der Waals surface area contributed by atoms with Crippen LogP contribution >= 0.6 is 43.2 Å². The van der Waals surface area contributed by atoms with Crippen molar-refractivity contribution >= 4 is 43.2 Å². The lowest BCUT2D eigenvalue weighted by atomic mass is 9.93. The number of aliphatic hydroxyl groups is 1. The highest BCUT2D eigenvalue weighted by Crippen LogP contribution is 2.29. The monoisotopic (exact) mass is 418 g/mol. The Balaban J connectivity index is 2.15. The standard InChI is InChI=1S/C14H16Br2N2OS/c1-14(2,3)11-7-20-12(18-11)5-10(19)13-9(16)4-8(15)6-17-13/h4,6-7,10,19H,5H2,1-3H3. The van der Waals surface area contributed by atoms with Crippen molar-refractivity contribution in [2.75, 3.05) is 0 Å². The molecule has 2 heterocycles. The van der Waals surface area contributed by atoms with Crippen molar-refractivity contribution in [3.05, 3.63) is 43.0 Å². The van der Waals surface area contributed by atoms with Gasteiger partial charge in [0, 0.05) is 32.4 Å². The summed E-state index contributed by atoms with van der Waals surface area (Å²) in [5.74, 6) is 0. The molecule has 0 aliphatic rings. The van der Waals surface area contributed by atoms with E-state index < -0.39 is 6.10 Å². The van der Waals surface area contributed by atoms with Crippen molar-refractivity contribution in [1.82, 2.24) is 9.97 Å². The van der Waals surface area contributed by atoms with E-state index in [4.69, 9.17) is 0 Å². The van der Waals surface area contributed by atoms with Gasteiger partial charge in [0.2, 0.25) is 0 Å². The molecule has 0 aromatic carbocycles. The second kappa shape index (κ2) is 6.22. The van der Waals surface area contributed by atoms with Crippen molar-refractivity contribution in [2.24, 2.45) is 0 Å². The molecule has 0 aliphatic carbocycles. The predicted octanol–water partition coefficient (Wildman–Crippen LogP) is 4.64. The molecule has 2 aromatic rings. The Morgan fingerprint density at radius 2 is 2.05 bits per heavy atom. The van der Waals surface area contributed by atoms with Gasteiger partial charge in [0.15, 0.2) is 0 Å². The van der Waals surface area contributed by atoms with Crippen molar-refractivity contribution in [3.8, 4) is 0 Å². The molecule has 108 valence electrons. The summed E-state index contributed by atoms with van der Waals surface area (Å²) in [6.07, 6.45) is 1.51. The summed E-state index contributed by atoms with van der Waals surface area (Å²) in [7, 11) is 0. The van der Waals surface area contributed by atoms with Gasteiger partial charge >= 0.3 is 0 Å². The van der Waals surface area contributed by atoms with E-state index in [1.54, 1.807) is 17.5 Å². The highest BCUT2D eigenvalue weighted by atomic mass is 79.9. The quantitative estimate of drug-likeness (QED) is 0.788. The van der Waals surface area contributed by atoms with E-state index in [1.165, 1.54) is 0 Å². The van der Waals surface area contributed by atoms with Crippen LogP contribution in [0.25, 0.3) is 0 Å².